The van der Waals surface area contributed by atoms with Crippen molar-refractivity contribution in [3.05, 3.63) is 36.4 Å². The average molecular weight is 330 g/mol. The van der Waals surface area contributed by atoms with Crippen LogP contribution < -0.4 is 18.9 Å². The Morgan fingerprint density at radius 3 is 1.33 bits per heavy atom. The zero-order valence-corrected chi connectivity index (χ0v) is 13.9. The number of benzene rings is 2. The fourth-order valence-corrected chi connectivity index (χ4v) is 2.17. The molecule has 0 bridgehead atoms. The van der Waals surface area contributed by atoms with Crippen molar-refractivity contribution < 1.29 is 28.5 Å². The van der Waals surface area contributed by atoms with Crippen molar-refractivity contribution in [1.29, 1.82) is 0 Å². The molecule has 6 heteroatoms. The van der Waals surface area contributed by atoms with E-state index in [0.29, 0.717) is 23.0 Å². The van der Waals surface area contributed by atoms with Gasteiger partial charge in [0.1, 0.15) is 0 Å². The van der Waals surface area contributed by atoms with Crippen LogP contribution >= 0.6 is 0 Å². The van der Waals surface area contributed by atoms with E-state index in [9.17, 15) is 9.59 Å². The molecule has 0 radical (unpaired) electrons. The molecule has 0 saturated carbocycles. The highest BCUT2D eigenvalue weighted by atomic mass is 16.6. The normalized spacial score (nSPS) is 10.0. The van der Waals surface area contributed by atoms with Crippen molar-refractivity contribution in [3.8, 4) is 34.1 Å². The van der Waals surface area contributed by atoms with Crippen LogP contribution in [0.5, 0.6) is 23.0 Å². The number of hydrogen-bond acceptors (Lipinski definition) is 6. The van der Waals surface area contributed by atoms with Crippen LogP contribution in [0.1, 0.15) is 13.8 Å². The van der Waals surface area contributed by atoms with E-state index in [-0.39, 0.29) is 0 Å². The Morgan fingerprint density at radius 2 is 1.04 bits per heavy atom. The highest BCUT2D eigenvalue weighted by Crippen LogP contribution is 2.36. The average Bonchev–Trinajstić information content (AvgIpc) is 2.54. The highest BCUT2D eigenvalue weighted by Gasteiger charge is 2.12. The second kappa shape index (κ2) is 7.50. The Labute approximate surface area is 139 Å². The first-order valence-corrected chi connectivity index (χ1v) is 7.18. The second-order valence-corrected chi connectivity index (χ2v) is 4.92. The summed E-state index contributed by atoms with van der Waals surface area (Å²) in [5.41, 5.74) is 1.66. The molecule has 0 N–H and O–H groups in total. The first-order valence-electron chi connectivity index (χ1n) is 7.18. The number of hydrogen-bond donors (Lipinski definition) is 0. The van der Waals surface area contributed by atoms with Crippen molar-refractivity contribution in [2.75, 3.05) is 14.2 Å². The van der Waals surface area contributed by atoms with E-state index >= 15 is 0 Å². The monoisotopic (exact) mass is 330 g/mol. The molecule has 126 valence electrons. The standard InChI is InChI=1S/C18H18O6/c1-11(19)23-15-7-5-13(9-17(15)21-3)14-6-8-16(24-12(2)20)18(10-14)22-4/h5-10H,1-4H3. The lowest BCUT2D eigenvalue weighted by atomic mass is 10.0. The first-order chi connectivity index (χ1) is 11.4. The molecule has 0 amide bonds. The minimum absolute atomic E-state index is 0.345. The molecule has 6 nitrogen and oxygen atoms in total. The van der Waals surface area contributed by atoms with Crippen LogP contribution in [0.2, 0.25) is 0 Å². The molecule has 2 aromatic rings. The van der Waals surface area contributed by atoms with Gasteiger partial charge in [-0.05, 0) is 35.4 Å². The first kappa shape index (κ1) is 17.3. The molecule has 0 aliphatic rings. The van der Waals surface area contributed by atoms with Crippen LogP contribution in [0.15, 0.2) is 36.4 Å². The maximum Gasteiger partial charge on any atom is 0.308 e. The van der Waals surface area contributed by atoms with E-state index in [1.165, 1.54) is 28.1 Å². The molecular weight excluding hydrogens is 312 g/mol. The van der Waals surface area contributed by atoms with Gasteiger partial charge < -0.3 is 18.9 Å². The number of ether oxygens (including phenoxy) is 4. The van der Waals surface area contributed by atoms with Gasteiger partial charge in [0.05, 0.1) is 14.2 Å². The zero-order chi connectivity index (χ0) is 17.7. The van der Waals surface area contributed by atoms with Gasteiger partial charge in [-0.2, -0.15) is 0 Å². The summed E-state index contributed by atoms with van der Waals surface area (Å²) < 4.78 is 20.7. The summed E-state index contributed by atoms with van der Waals surface area (Å²) in [5.74, 6) is 0.716. The summed E-state index contributed by atoms with van der Waals surface area (Å²) in [7, 11) is 2.99. The van der Waals surface area contributed by atoms with Gasteiger partial charge in [-0.15, -0.1) is 0 Å². The van der Waals surface area contributed by atoms with Crippen LogP contribution in [-0.2, 0) is 9.59 Å². The Kier molecular flexibility index (Phi) is 5.42. The van der Waals surface area contributed by atoms with E-state index in [4.69, 9.17) is 18.9 Å². The molecule has 24 heavy (non-hydrogen) atoms. The molecule has 0 aromatic heterocycles. The van der Waals surface area contributed by atoms with Gasteiger partial charge >= 0.3 is 11.9 Å². The Hall–Kier alpha value is -3.02. The van der Waals surface area contributed by atoms with Gasteiger partial charge in [0.25, 0.3) is 0 Å². The summed E-state index contributed by atoms with van der Waals surface area (Å²) in [5, 5.41) is 0. The number of carbonyl (C=O) groups is 2. The predicted octanol–water partition coefficient (Wildman–Crippen LogP) is 3.22. The smallest absolute Gasteiger partial charge is 0.308 e. The molecule has 0 spiro atoms. The third-order valence-corrected chi connectivity index (χ3v) is 3.17. The second-order valence-electron chi connectivity index (χ2n) is 4.92. The predicted molar refractivity (Wildman–Crippen MR) is 87.6 cm³/mol. The zero-order valence-electron chi connectivity index (χ0n) is 13.9. The summed E-state index contributed by atoms with van der Waals surface area (Å²) >= 11 is 0. The minimum Gasteiger partial charge on any atom is -0.493 e. The van der Waals surface area contributed by atoms with E-state index in [1.54, 1.807) is 36.4 Å². The number of esters is 2. The van der Waals surface area contributed by atoms with Gasteiger partial charge in [0.2, 0.25) is 0 Å². The number of rotatable bonds is 5. The van der Waals surface area contributed by atoms with Crippen LogP contribution in [0.4, 0.5) is 0 Å². The quantitative estimate of drug-likeness (QED) is 0.619. The van der Waals surface area contributed by atoms with Crippen molar-refractivity contribution in [1.82, 2.24) is 0 Å². The van der Waals surface area contributed by atoms with Crippen molar-refractivity contribution >= 4 is 11.9 Å². The third-order valence-electron chi connectivity index (χ3n) is 3.17. The van der Waals surface area contributed by atoms with Crippen molar-refractivity contribution in [2.45, 2.75) is 13.8 Å². The molecule has 2 rings (SSSR count). The Balaban J connectivity index is 2.40. The van der Waals surface area contributed by atoms with Gasteiger partial charge in [0, 0.05) is 13.8 Å². The lowest BCUT2D eigenvalue weighted by Gasteiger charge is -2.12. The Bertz CT molecular complexity index is 701. The molecule has 2 aromatic carbocycles. The van der Waals surface area contributed by atoms with E-state index in [2.05, 4.69) is 0 Å². The number of methoxy groups -OCH3 is 2. The van der Waals surface area contributed by atoms with E-state index in [1.807, 2.05) is 0 Å². The molecule has 0 unspecified atom stereocenters. The fraction of sp³-hybridized carbons (Fsp3) is 0.222. The van der Waals surface area contributed by atoms with Crippen LogP contribution in [-0.4, -0.2) is 26.2 Å². The molecule has 0 aliphatic heterocycles. The Morgan fingerprint density at radius 1 is 0.667 bits per heavy atom. The minimum atomic E-state index is -0.423. The summed E-state index contributed by atoms with van der Waals surface area (Å²) in [6.07, 6.45) is 0. The largest absolute Gasteiger partial charge is 0.493 e. The van der Waals surface area contributed by atoms with Crippen molar-refractivity contribution in [2.24, 2.45) is 0 Å². The number of carbonyl (C=O) groups excluding carboxylic acids is 2. The maximum absolute atomic E-state index is 11.1. The molecule has 0 atom stereocenters. The van der Waals surface area contributed by atoms with Crippen LogP contribution in [0.3, 0.4) is 0 Å². The third kappa shape index (κ3) is 4.04. The molecular formula is C18H18O6. The van der Waals surface area contributed by atoms with Gasteiger partial charge in [-0.1, -0.05) is 12.1 Å². The fourth-order valence-electron chi connectivity index (χ4n) is 2.17. The topological polar surface area (TPSA) is 71.1 Å². The van der Waals surface area contributed by atoms with Crippen molar-refractivity contribution in [3.63, 3.8) is 0 Å². The van der Waals surface area contributed by atoms with E-state index in [0.717, 1.165) is 11.1 Å². The molecule has 0 aliphatic carbocycles. The van der Waals surface area contributed by atoms with E-state index < -0.39 is 11.9 Å². The summed E-state index contributed by atoms with van der Waals surface area (Å²) in [6.45, 7) is 2.65. The lowest BCUT2D eigenvalue weighted by molar-refractivity contribution is -0.132. The van der Waals surface area contributed by atoms with Gasteiger partial charge in [-0.25, -0.2) is 0 Å². The maximum atomic E-state index is 11.1. The summed E-state index contributed by atoms with van der Waals surface area (Å²) in [4.78, 5) is 22.2. The highest BCUT2D eigenvalue weighted by molar-refractivity contribution is 5.75. The summed E-state index contributed by atoms with van der Waals surface area (Å²) in [6, 6.07) is 10.4. The molecule has 0 fully saturated rings. The van der Waals surface area contributed by atoms with Gasteiger partial charge in [-0.3, -0.25) is 9.59 Å². The van der Waals surface area contributed by atoms with Crippen LogP contribution in [0, 0.1) is 0 Å². The van der Waals surface area contributed by atoms with Crippen LogP contribution in [0.25, 0.3) is 11.1 Å². The lowest BCUT2D eigenvalue weighted by Crippen LogP contribution is -2.03. The molecule has 0 saturated heterocycles. The SMILES string of the molecule is COc1cc(-c2ccc(OC(C)=O)c(OC)c2)ccc1OC(C)=O. The van der Waals surface area contributed by atoms with Gasteiger partial charge in [0.15, 0.2) is 23.0 Å². The molecule has 0 heterocycles.